The lowest BCUT2D eigenvalue weighted by Crippen LogP contribution is -2.28. The van der Waals surface area contributed by atoms with Gasteiger partial charge in [-0.3, -0.25) is 0 Å². The minimum Gasteiger partial charge on any atom is -0.356 e. The predicted octanol–water partition coefficient (Wildman–Crippen LogP) is 6.13. The smallest absolute Gasteiger partial charge is 0.209 e. The van der Waals surface area contributed by atoms with Crippen LogP contribution in [0.5, 0.6) is 0 Å². The van der Waals surface area contributed by atoms with E-state index in [4.69, 9.17) is 11.6 Å². The van der Waals surface area contributed by atoms with Crippen LogP contribution in [0.15, 0.2) is 48.5 Å². The number of anilines is 1. The van der Waals surface area contributed by atoms with Gasteiger partial charge in [0.2, 0.25) is 5.69 Å². The van der Waals surface area contributed by atoms with Gasteiger partial charge in [0.1, 0.15) is 12.5 Å². The van der Waals surface area contributed by atoms with E-state index in [1.54, 1.807) is 0 Å². The number of hydrogen-bond acceptors (Lipinski definition) is 1. The van der Waals surface area contributed by atoms with Crippen LogP contribution in [0.4, 0.5) is 11.4 Å². The van der Waals surface area contributed by atoms with Gasteiger partial charge in [0, 0.05) is 29.9 Å². The Morgan fingerprint density at radius 1 is 1.15 bits per heavy atom. The largest absolute Gasteiger partial charge is 0.356 e. The van der Waals surface area contributed by atoms with Crippen molar-refractivity contribution in [3.05, 3.63) is 65.2 Å². The average molecular weight is 382 g/mol. The third-order valence-electron chi connectivity index (χ3n) is 5.72. The monoisotopic (exact) mass is 381 g/mol. The molecule has 0 aliphatic carbocycles. The predicted molar refractivity (Wildman–Crippen MR) is 119 cm³/mol. The molecule has 0 N–H and O–H groups in total. The van der Waals surface area contributed by atoms with Gasteiger partial charge in [-0.05, 0) is 64.0 Å². The first-order valence-corrected chi connectivity index (χ1v) is 10.1. The summed E-state index contributed by atoms with van der Waals surface area (Å²) in [5.41, 5.74) is 7.66. The number of para-hydroxylation sites is 1. The van der Waals surface area contributed by atoms with Crippen molar-refractivity contribution in [1.82, 2.24) is 0 Å². The molecule has 1 aliphatic rings. The molecule has 0 aromatic heterocycles. The number of halogens is 1. The molecule has 0 saturated carbocycles. The molecule has 142 valence electrons. The molecule has 0 radical (unpaired) electrons. The molecular weight excluding hydrogens is 352 g/mol. The summed E-state index contributed by atoms with van der Waals surface area (Å²) in [6, 6.07) is 15.3. The molecule has 1 unspecified atom stereocenters. The summed E-state index contributed by atoms with van der Waals surface area (Å²) >= 11 is 6.31. The van der Waals surface area contributed by atoms with E-state index in [0.29, 0.717) is 0 Å². The quantitative estimate of drug-likeness (QED) is 0.343. The van der Waals surface area contributed by atoms with Gasteiger partial charge in [-0.2, -0.15) is 4.58 Å². The topological polar surface area (TPSA) is 6.25 Å². The van der Waals surface area contributed by atoms with Gasteiger partial charge in [-0.15, -0.1) is 0 Å². The number of rotatable bonds is 5. The van der Waals surface area contributed by atoms with Gasteiger partial charge in [0.25, 0.3) is 0 Å². The molecule has 3 rings (SSSR count). The number of nitrogens with zero attached hydrogens (tertiary/aromatic N) is 2. The highest BCUT2D eigenvalue weighted by atomic mass is 35.5. The van der Waals surface area contributed by atoms with Crippen molar-refractivity contribution in [1.29, 1.82) is 0 Å². The Morgan fingerprint density at radius 3 is 2.44 bits per heavy atom. The Bertz CT molecular complexity index is 906. The maximum absolute atomic E-state index is 6.31. The van der Waals surface area contributed by atoms with E-state index < -0.39 is 0 Å². The molecule has 0 amide bonds. The Kier molecular flexibility index (Phi) is 5.48. The summed E-state index contributed by atoms with van der Waals surface area (Å²) in [5.74, 6) is 0. The van der Waals surface area contributed by atoms with E-state index in [0.717, 1.165) is 6.54 Å². The molecule has 27 heavy (non-hydrogen) atoms. The summed E-state index contributed by atoms with van der Waals surface area (Å²) < 4.78 is 2.31. The molecule has 2 aromatic rings. The van der Waals surface area contributed by atoms with E-state index in [9.17, 15) is 0 Å². The van der Waals surface area contributed by atoms with Crippen molar-refractivity contribution in [2.24, 2.45) is 0 Å². The molecule has 2 aromatic carbocycles. The highest BCUT2D eigenvalue weighted by molar-refractivity contribution is 6.21. The zero-order chi connectivity index (χ0) is 19.8. The summed E-state index contributed by atoms with van der Waals surface area (Å²) in [5, 5.41) is 0. The third kappa shape index (κ3) is 3.55. The molecule has 0 fully saturated rings. The van der Waals surface area contributed by atoms with Gasteiger partial charge in [0.15, 0.2) is 5.71 Å². The second-order valence-electron chi connectivity index (χ2n) is 7.82. The number of fused-ring (bicyclic) bond motifs is 1. The number of aryl methyl sites for hydroxylation is 1. The lowest BCUT2D eigenvalue weighted by molar-refractivity contribution is -0.401. The first kappa shape index (κ1) is 19.7. The standard InChI is InChI=1S/C24H30ClN2/c1-7-27(18(3)25)20-14-12-19(17(2)16-20)13-15-23-24(4,5)21-10-8-9-11-22(21)26(23)6/h8-16,18H,7H2,1-6H3/q+1. The lowest BCUT2D eigenvalue weighted by Gasteiger charge is -2.26. The van der Waals surface area contributed by atoms with Gasteiger partial charge in [-0.25, -0.2) is 0 Å². The molecule has 0 saturated heterocycles. The van der Waals surface area contributed by atoms with Crippen LogP contribution in [-0.2, 0) is 5.41 Å². The van der Waals surface area contributed by atoms with Crippen LogP contribution in [0.2, 0.25) is 0 Å². The third-order valence-corrected chi connectivity index (χ3v) is 5.95. The fourth-order valence-electron chi connectivity index (χ4n) is 4.14. The lowest BCUT2D eigenvalue weighted by atomic mass is 9.81. The van der Waals surface area contributed by atoms with Crippen LogP contribution in [0.1, 0.15) is 44.4 Å². The van der Waals surface area contributed by atoms with Gasteiger partial charge < -0.3 is 4.90 Å². The highest BCUT2D eigenvalue weighted by Gasteiger charge is 2.42. The number of hydrogen-bond donors (Lipinski definition) is 0. The van der Waals surface area contributed by atoms with Gasteiger partial charge in [0.05, 0.1) is 5.41 Å². The number of allylic oxidation sites excluding steroid dienone is 1. The minimum absolute atomic E-state index is 0.00273. The Labute approximate surface area is 168 Å². The summed E-state index contributed by atoms with van der Waals surface area (Å²) in [7, 11) is 2.16. The fourth-order valence-corrected chi connectivity index (χ4v) is 4.39. The minimum atomic E-state index is -0.0159. The molecule has 3 heteroatoms. The molecule has 0 spiro atoms. The number of benzene rings is 2. The zero-order valence-corrected chi connectivity index (χ0v) is 18.0. The Balaban J connectivity index is 1.92. The molecule has 1 atom stereocenters. The molecule has 2 nitrogen and oxygen atoms in total. The van der Waals surface area contributed by atoms with Crippen molar-refractivity contribution >= 4 is 34.8 Å². The van der Waals surface area contributed by atoms with E-state index in [2.05, 4.69) is 98.8 Å². The highest BCUT2D eigenvalue weighted by Crippen LogP contribution is 2.39. The van der Waals surface area contributed by atoms with Crippen molar-refractivity contribution in [2.75, 3.05) is 18.5 Å². The first-order chi connectivity index (χ1) is 12.8. The Hall–Kier alpha value is -2.06. The summed E-state index contributed by atoms with van der Waals surface area (Å²) in [6.07, 6.45) is 4.50. The van der Waals surface area contributed by atoms with Crippen molar-refractivity contribution in [3.8, 4) is 0 Å². The zero-order valence-electron chi connectivity index (χ0n) is 17.3. The van der Waals surface area contributed by atoms with Gasteiger partial charge in [-0.1, -0.05) is 35.9 Å². The van der Waals surface area contributed by atoms with E-state index >= 15 is 0 Å². The maximum atomic E-state index is 6.31. The second-order valence-corrected chi connectivity index (χ2v) is 8.45. The number of alkyl halides is 1. The van der Waals surface area contributed by atoms with Crippen LogP contribution in [0, 0.1) is 6.92 Å². The van der Waals surface area contributed by atoms with Crippen molar-refractivity contribution in [2.45, 2.75) is 45.5 Å². The fraction of sp³-hybridized carbons (Fsp3) is 0.375. The second kappa shape index (κ2) is 7.52. The average Bonchev–Trinajstić information content (AvgIpc) is 2.82. The van der Waals surface area contributed by atoms with Crippen LogP contribution in [-0.4, -0.2) is 29.4 Å². The molecule has 1 heterocycles. The van der Waals surface area contributed by atoms with Gasteiger partial charge >= 0.3 is 0 Å². The van der Waals surface area contributed by atoms with Crippen LogP contribution in [0.25, 0.3) is 6.08 Å². The maximum Gasteiger partial charge on any atom is 0.209 e. The normalized spacial score (nSPS) is 16.7. The molecule has 0 bridgehead atoms. The summed E-state index contributed by atoms with van der Waals surface area (Å²) in [6.45, 7) is 11.8. The van der Waals surface area contributed by atoms with E-state index in [-0.39, 0.29) is 10.9 Å². The van der Waals surface area contributed by atoms with Crippen molar-refractivity contribution < 1.29 is 4.58 Å². The molecular formula is C24H30ClN2+. The Morgan fingerprint density at radius 2 is 1.85 bits per heavy atom. The van der Waals surface area contributed by atoms with E-state index in [1.165, 1.54) is 33.8 Å². The summed E-state index contributed by atoms with van der Waals surface area (Å²) in [4.78, 5) is 2.20. The van der Waals surface area contributed by atoms with Crippen molar-refractivity contribution in [3.63, 3.8) is 0 Å². The van der Waals surface area contributed by atoms with Crippen LogP contribution >= 0.6 is 11.6 Å². The molecule has 1 aliphatic heterocycles. The van der Waals surface area contributed by atoms with E-state index in [1.807, 2.05) is 6.92 Å². The SMILES string of the molecule is CCN(c1ccc(/C=C/C2=[N+](C)c3ccccc3C2(C)C)c(C)c1)C(C)Cl. The van der Waals surface area contributed by atoms with Crippen LogP contribution < -0.4 is 4.90 Å². The first-order valence-electron chi connectivity index (χ1n) is 9.67. The van der Waals surface area contributed by atoms with Crippen LogP contribution in [0.3, 0.4) is 0 Å².